The summed E-state index contributed by atoms with van der Waals surface area (Å²) in [5.74, 6) is 0.172. The smallest absolute Gasteiger partial charge is 0.301 e. The van der Waals surface area contributed by atoms with E-state index >= 15 is 0 Å². The Balaban J connectivity index is 0.000000161. The quantitative estimate of drug-likeness (QED) is 0.286. The minimum atomic E-state index is -0.220. The SMILES string of the molecule is CN1CCN(NC(=O)c2nc3ccc(Cl)cc3[nH]2)CC1.CN1CCN(NC(=O)c2nc3ccc(Cl)cc3[nH]2)CC1. The number of imidazole rings is 2. The Morgan fingerprint density at radius 2 is 1.05 bits per heavy atom. The normalized spacial score (nSPS) is 17.5. The number of hydrazine groups is 2. The molecule has 0 bridgehead atoms. The van der Waals surface area contributed by atoms with E-state index < -0.39 is 0 Å². The second-order valence-electron chi connectivity index (χ2n) is 9.96. The molecule has 14 heteroatoms. The molecule has 0 atom stereocenters. The number of benzene rings is 2. The predicted molar refractivity (Wildman–Crippen MR) is 155 cm³/mol. The first kappa shape index (κ1) is 28.3. The van der Waals surface area contributed by atoms with Gasteiger partial charge in [0.05, 0.1) is 22.1 Å². The maximum atomic E-state index is 12.2. The number of carbonyl (C=O) groups is 2. The van der Waals surface area contributed by atoms with Crippen LogP contribution in [0, 0.1) is 0 Å². The fourth-order valence-electron chi connectivity index (χ4n) is 4.41. The highest BCUT2D eigenvalue weighted by molar-refractivity contribution is 6.31. The van der Waals surface area contributed by atoms with Crippen LogP contribution in [0.3, 0.4) is 0 Å². The molecule has 6 rings (SSSR count). The summed E-state index contributed by atoms with van der Waals surface area (Å²) in [7, 11) is 4.14. The number of hydrogen-bond donors (Lipinski definition) is 4. The number of hydrogen-bond acceptors (Lipinski definition) is 8. The number of H-pyrrole nitrogens is 2. The van der Waals surface area contributed by atoms with Crippen molar-refractivity contribution in [3.8, 4) is 0 Å². The molecule has 0 radical (unpaired) electrons. The van der Waals surface area contributed by atoms with Crippen LogP contribution in [0.4, 0.5) is 0 Å². The summed E-state index contributed by atoms with van der Waals surface area (Å²) in [6.45, 7) is 7.02. The average Bonchev–Trinajstić information content (AvgIpc) is 3.55. The number of piperazine rings is 2. The van der Waals surface area contributed by atoms with Gasteiger partial charge in [-0.3, -0.25) is 20.4 Å². The second kappa shape index (κ2) is 12.5. The molecule has 2 fully saturated rings. The molecule has 4 aromatic rings. The van der Waals surface area contributed by atoms with Gasteiger partial charge in [0.25, 0.3) is 0 Å². The third-order valence-electron chi connectivity index (χ3n) is 6.84. The van der Waals surface area contributed by atoms with Crippen LogP contribution in [0.15, 0.2) is 36.4 Å². The molecule has 212 valence electrons. The molecule has 0 saturated carbocycles. The highest BCUT2D eigenvalue weighted by Gasteiger charge is 2.20. The Kier molecular flexibility index (Phi) is 8.84. The summed E-state index contributed by atoms with van der Waals surface area (Å²) >= 11 is 11.8. The van der Waals surface area contributed by atoms with E-state index in [2.05, 4.69) is 54.7 Å². The van der Waals surface area contributed by atoms with Crippen molar-refractivity contribution >= 4 is 57.1 Å². The van der Waals surface area contributed by atoms with Gasteiger partial charge in [-0.05, 0) is 50.5 Å². The van der Waals surface area contributed by atoms with Gasteiger partial charge >= 0.3 is 11.8 Å². The Hall–Kier alpha value is -3.26. The molecular weight excluding hydrogens is 555 g/mol. The van der Waals surface area contributed by atoms with Crippen molar-refractivity contribution < 1.29 is 9.59 Å². The van der Waals surface area contributed by atoms with Crippen LogP contribution in [0.2, 0.25) is 10.0 Å². The minimum absolute atomic E-state index is 0.220. The van der Waals surface area contributed by atoms with Crippen molar-refractivity contribution in [3.05, 3.63) is 58.1 Å². The third-order valence-corrected chi connectivity index (χ3v) is 7.31. The van der Waals surface area contributed by atoms with Crippen LogP contribution in [-0.4, -0.2) is 118 Å². The molecule has 2 aliphatic heterocycles. The van der Waals surface area contributed by atoms with Crippen LogP contribution in [0.25, 0.3) is 22.1 Å². The van der Waals surface area contributed by atoms with Gasteiger partial charge in [-0.1, -0.05) is 23.2 Å². The van der Waals surface area contributed by atoms with E-state index in [-0.39, 0.29) is 11.8 Å². The number of halogens is 2. The molecule has 0 unspecified atom stereocenters. The molecule has 40 heavy (non-hydrogen) atoms. The fourth-order valence-corrected chi connectivity index (χ4v) is 4.75. The molecule has 2 saturated heterocycles. The summed E-state index contributed by atoms with van der Waals surface area (Å²) in [6.07, 6.45) is 0. The topological polar surface area (TPSA) is 129 Å². The molecule has 12 nitrogen and oxygen atoms in total. The molecule has 2 amide bonds. The molecule has 2 aromatic carbocycles. The van der Waals surface area contributed by atoms with E-state index in [1.54, 1.807) is 36.4 Å². The first-order valence-corrected chi connectivity index (χ1v) is 13.8. The van der Waals surface area contributed by atoms with E-state index in [0.717, 1.165) is 74.4 Å². The zero-order chi connectivity index (χ0) is 28.2. The Morgan fingerprint density at radius 1 is 0.675 bits per heavy atom. The van der Waals surface area contributed by atoms with Crippen molar-refractivity contribution in [2.24, 2.45) is 0 Å². The first-order valence-electron chi connectivity index (χ1n) is 13.0. The lowest BCUT2D eigenvalue weighted by Gasteiger charge is -2.32. The van der Waals surface area contributed by atoms with Crippen LogP contribution in [-0.2, 0) is 0 Å². The number of amides is 2. The Bertz CT molecular complexity index is 1380. The lowest BCUT2D eigenvalue weighted by Crippen LogP contribution is -2.52. The predicted octanol–water partition coefficient (Wildman–Crippen LogP) is 2.22. The van der Waals surface area contributed by atoms with Gasteiger partial charge in [0.2, 0.25) is 0 Å². The number of aromatic amines is 2. The van der Waals surface area contributed by atoms with Crippen molar-refractivity contribution in [1.82, 2.24) is 50.6 Å². The molecule has 2 aliphatic rings. The lowest BCUT2D eigenvalue weighted by atomic mass is 10.3. The molecule has 2 aromatic heterocycles. The van der Waals surface area contributed by atoms with Gasteiger partial charge in [0.15, 0.2) is 11.6 Å². The largest absolute Gasteiger partial charge is 0.334 e. The van der Waals surface area contributed by atoms with Gasteiger partial charge in [-0.25, -0.2) is 20.0 Å². The number of fused-ring (bicyclic) bond motifs is 2. The highest BCUT2D eigenvalue weighted by atomic mass is 35.5. The number of nitrogens with one attached hydrogen (secondary N) is 4. The molecule has 4 heterocycles. The van der Waals surface area contributed by atoms with E-state index in [1.165, 1.54) is 0 Å². The van der Waals surface area contributed by atoms with Crippen molar-refractivity contribution in [3.63, 3.8) is 0 Å². The van der Waals surface area contributed by atoms with Gasteiger partial charge in [-0.2, -0.15) is 0 Å². The first-order chi connectivity index (χ1) is 19.2. The lowest BCUT2D eigenvalue weighted by molar-refractivity contribution is 0.0648. The maximum absolute atomic E-state index is 12.2. The van der Waals surface area contributed by atoms with E-state index in [1.807, 2.05) is 10.0 Å². The third kappa shape index (κ3) is 7.08. The summed E-state index contributed by atoms with van der Waals surface area (Å²) in [5, 5.41) is 5.07. The minimum Gasteiger partial charge on any atom is -0.334 e. The van der Waals surface area contributed by atoms with Crippen molar-refractivity contribution in [1.29, 1.82) is 0 Å². The van der Waals surface area contributed by atoms with Crippen LogP contribution < -0.4 is 10.9 Å². The molecule has 0 aliphatic carbocycles. The van der Waals surface area contributed by atoms with E-state index in [0.29, 0.717) is 21.7 Å². The number of nitrogens with zero attached hydrogens (tertiary/aromatic N) is 6. The van der Waals surface area contributed by atoms with Gasteiger partial charge in [0.1, 0.15) is 0 Å². The van der Waals surface area contributed by atoms with Gasteiger partial charge < -0.3 is 19.8 Å². The maximum Gasteiger partial charge on any atom is 0.301 e. The zero-order valence-electron chi connectivity index (χ0n) is 22.4. The van der Waals surface area contributed by atoms with E-state index in [9.17, 15) is 9.59 Å². The summed E-state index contributed by atoms with van der Waals surface area (Å²) < 4.78 is 0. The number of aromatic nitrogens is 4. The highest BCUT2D eigenvalue weighted by Crippen LogP contribution is 2.18. The van der Waals surface area contributed by atoms with Gasteiger partial charge in [-0.15, -0.1) is 0 Å². The number of likely N-dealkylation sites (N-methyl/N-ethyl adjacent to an activating group) is 2. The van der Waals surface area contributed by atoms with Crippen molar-refractivity contribution in [2.45, 2.75) is 0 Å². The second-order valence-corrected chi connectivity index (χ2v) is 10.8. The summed E-state index contributed by atoms with van der Waals surface area (Å²) in [4.78, 5) is 43.3. The average molecular weight is 588 g/mol. The summed E-state index contributed by atoms with van der Waals surface area (Å²) in [6, 6.07) is 10.6. The standard InChI is InChI=1S/2C13H16ClN5O/c2*1-18-4-6-19(7-5-18)17-13(20)12-15-10-3-2-9(14)8-11(10)16-12/h2*2-3,8H,4-7H2,1H3,(H,15,16)(H,17,20). The number of rotatable bonds is 4. The monoisotopic (exact) mass is 586 g/mol. The number of carbonyl (C=O) groups excluding carboxylic acids is 2. The molecule has 0 spiro atoms. The van der Waals surface area contributed by atoms with Crippen molar-refractivity contribution in [2.75, 3.05) is 66.5 Å². The van der Waals surface area contributed by atoms with Crippen LogP contribution in [0.1, 0.15) is 21.2 Å². The fraction of sp³-hybridized carbons (Fsp3) is 0.385. The Labute approximate surface area is 241 Å². The summed E-state index contributed by atoms with van der Waals surface area (Å²) in [5.41, 5.74) is 8.74. The van der Waals surface area contributed by atoms with Crippen LogP contribution in [0.5, 0.6) is 0 Å². The molecular formula is C26H32Cl2N10O2. The van der Waals surface area contributed by atoms with Crippen LogP contribution >= 0.6 is 23.2 Å². The zero-order valence-corrected chi connectivity index (χ0v) is 23.9. The van der Waals surface area contributed by atoms with E-state index in [4.69, 9.17) is 23.2 Å². The Morgan fingerprint density at radius 3 is 1.43 bits per heavy atom. The van der Waals surface area contributed by atoms with Gasteiger partial charge in [0, 0.05) is 62.4 Å². The molecule has 4 N–H and O–H groups in total.